The number of ketones is 1. The highest BCUT2D eigenvalue weighted by molar-refractivity contribution is 9.10. The van der Waals surface area contributed by atoms with Crippen molar-refractivity contribution in [2.24, 2.45) is 0 Å². The summed E-state index contributed by atoms with van der Waals surface area (Å²) in [6, 6.07) is 9.73. The second kappa shape index (κ2) is 6.85. The molecule has 2 nitrogen and oxygen atoms in total. The molecule has 106 valence electrons. The second-order valence-corrected chi connectivity index (χ2v) is 6.81. The van der Waals surface area contributed by atoms with Gasteiger partial charge in [0, 0.05) is 15.5 Å². The van der Waals surface area contributed by atoms with Crippen molar-refractivity contribution in [2.75, 3.05) is 13.6 Å². The molecule has 0 bridgehead atoms. The second-order valence-electron chi connectivity index (χ2n) is 4.63. The van der Waals surface area contributed by atoms with Crippen molar-refractivity contribution in [1.29, 1.82) is 0 Å². The molecule has 0 radical (unpaired) electrons. The molecule has 0 saturated heterocycles. The van der Waals surface area contributed by atoms with Crippen molar-refractivity contribution >= 4 is 44.7 Å². The topological polar surface area (TPSA) is 20.3 Å². The highest BCUT2D eigenvalue weighted by Crippen LogP contribution is 2.28. The van der Waals surface area contributed by atoms with Crippen LogP contribution in [0.3, 0.4) is 0 Å². The molecule has 1 aromatic carbocycles. The Kier molecular flexibility index (Phi) is 5.38. The average Bonchev–Trinajstić information content (AvgIpc) is 2.84. The summed E-state index contributed by atoms with van der Waals surface area (Å²) in [5.41, 5.74) is 1.04. The molecule has 0 aliphatic heterocycles. The minimum atomic E-state index is 0.0892. The summed E-state index contributed by atoms with van der Waals surface area (Å²) in [7, 11) is 1.94. The predicted octanol–water partition coefficient (Wildman–Crippen LogP) is 5.04. The zero-order valence-corrected chi connectivity index (χ0v) is 14.4. The lowest BCUT2D eigenvalue weighted by Crippen LogP contribution is -2.28. The molecule has 1 aromatic heterocycles. The van der Waals surface area contributed by atoms with Crippen LogP contribution in [0.4, 0.5) is 0 Å². The van der Waals surface area contributed by atoms with E-state index in [9.17, 15) is 4.79 Å². The third-order valence-electron chi connectivity index (χ3n) is 3.28. The van der Waals surface area contributed by atoms with Crippen LogP contribution in [0.25, 0.3) is 0 Å². The minimum absolute atomic E-state index is 0.0892. The van der Waals surface area contributed by atoms with Gasteiger partial charge in [0.25, 0.3) is 0 Å². The molecular weight excluding hydrogens is 358 g/mol. The Morgan fingerprint density at radius 1 is 1.40 bits per heavy atom. The van der Waals surface area contributed by atoms with Gasteiger partial charge in [0.1, 0.15) is 0 Å². The molecule has 1 heterocycles. The number of carbonyl (C=O) groups excluding carboxylic acids is 1. The summed E-state index contributed by atoms with van der Waals surface area (Å²) >= 11 is 11.1. The number of likely N-dealkylation sites (N-methyl/N-ethyl adjacent to an activating group) is 1. The molecular formula is C15H15BrClNOS. The quantitative estimate of drug-likeness (QED) is 0.685. The number of hydrogen-bond donors (Lipinski definition) is 0. The van der Waals surface area contributed by atoms with Gasteiger partial charge in [-0.3, -0.25) is 9.69 Å². The molecule has 0 aliphatic rings. The van der Waals surface area contributed by atoms with Gasteiger partial charge in [-0.2, -0.15) is 0 Å². The van der Waals surface area contributed by atoms with Crippen LogP contribution in [0.5, 0.6) is 0 Å². The Bertz CT molecular complexity index is 613. The molecule has 0 aliphatic carbocycles. The fourth-order valence-electron chi connectivity index (χ4n) is 1.98. The van der Waals surface area contributed by atoms with Gasteiger partial charge in [-0.1, -0.05) is 29.8 Å². The van der Waals surface area contributed by atoms with Crippen LogP contribution in [0.15, 0.2) is 40.2 Å². The predicted molar refractivity (Wildman–Crippen MR) is 88.8 cm³/mol. The van der Waals surface area contributed by atoms with Gasteiger partial charge in [0.05, 0.1) is 11.4 Å². The first-order chi connectivity index (χ1) is 9.50. The lowest BCUT2D eigenvalue weighted by Gasteiger charge is -2.25. The fraction of sp³-hybridized carbons (Fsp3) is 0.267. The number of Topliss-reactive ketones (excluding diaryl/α,β-unsaturated/α-hetero) is 1. The molecule has 0 saturated carbocycles. The van der Waals surface area contributed by atoms with Gasteiger partial charge in [-0.05, 0) is 53.0 Å². The first kappa shape index (κ1) is 15.7. The maximum absolute atomic E-state index is 12.3. The summed E-state index contributed by atoms with van der Waals surface area (Å²) in [6.45, 7) is 2.42. The first-order valence-corrected chi connectivity index (χ1v) is 8.26. The van der Waals surface area contributed by atoms with Crippen LogP contribution in [0.2, 0.25) is 5.02 Å². The van der Waals surface area contributed by atoms with Crippen LogP contribution in [-0.4, -0.2) is 24.3 Å². The summed E-state index contributed by atoms with van der Waals surface area (Å²) < 4.78 is 0.867. The third-order valence-corrected chi connectivity index (χ3v) is 5.50. The molecule has 2 aromatic rings. The SMILES string of the molecule is CC(c1ccccc1Cl)N(C)CC(=O)c1sccc1Br. The van der Waals surface area contributed by atoms with Gasteiger partial charge in [0.2, 0.25) is 0 Å². The van der Waals surface area contributed by atoms with Gasteiger partial charge in [-0.25, -0.2) is 0 Å². The van der Waals surface area contributed by atoms with E-state index in [0.29, 0.717) is 6.54 Å². The number of halogens is 2. The van der Waals surface area contributed by atoms with Gasteiger partial charge in [0.15, 0.2) is 5.78 Å². The monoisotopic (exact) mass is 371 g/mol. The Labute approximate surface area is 136 Å². The number of carbonyl (C=O) groups is 1. The first-order valence-electron chi connectivity index (χ1n) is 6.21. The number of rotatable bonds is 5. The van der Waals surface area contributed by atoms with E-state index in [1.807, 2.05) is 47.7 Å². The largest absolute Gasteiger partial charge is 0.292 e. The maximum Gasteiger partial charge on any atom is 0.187 e. The molecule has 0 fully saturated rings. The number of thiophene rings is 1. The van der Waals surface area contributed by atoms with E-state index in [0.717, 1.165) is 19.9 Å². The lowest BCUT2D eigenvalue weighted by molar-refractivity contribution is 0.0928. The maximum atomic E-state index is 12.3. The highest BCUT2D eigenvalue weighted by atomic mass is 79.9. The fourth-order valence-corrected chi connectivity index (χ4v) is 3.80. The minimum Gasteiger partial charge on any atom is -0.292 e. The molecule has 0 N–H and O–H groups in total. The number of benzene rings is 1. The molecule has 2 rings (SSSR count). The Balaban J connectivity index is 2.09. The van der Waals surface area contributed by atoms with Crippen molar-refractivity contribution in [3.63, 3.8) is 0 Å². The molecule has 1 atom stereocenters. The van der Waals surface area contributed by atoms with E-state index in [-0.39, 0.29) is 11.8 Å². The summed E-state index contributed by atoms with van der Waals surface area (Å²) in [5, 5.41) is 2.64. The van der Waals surface area contributed by atoms with Crippen LogP contribution >= 0.6 is 38.9 Å². The Morgan fingerprint density at radius 2 is 2.10 bits per heavy atom. The summed E-state index contributed by atoms with van der Waals surface area (Å²) in [5.74, 6) is 0.119. The Morgan fingerprint density at radius 3 is 2.70 bits per heavy atom. The van der Waals surface area contributed by atoms with E-state index < -0.39 is 0 Å². The van der Waals surface area contributed by atoms with Crippen molar-refractivity contribution in [1.82, 2.24) is 4.90 Å². The van der Waals surface area contributed by atoms with Crippen molar-refractivity contribution in [2.45, 2.75) is 13.0 Å². The molecule has 0 amide bonds. The number of hydrogen-bond acceptors (Lipinski definition) is 3. The standard InChI is InChI=1S/C15H15BrClNOS/c1-10(11-5-3-4-6-13(11)17)18(2)9-14(19)15-12(16)7-8-20-15/h3-8,10H,9H2,1-2H3. The highest BCUT2D eigenvalue weighted by Gasteiger charge is 2.19. The van der Waals surface area contributed by atoms with E-state index in [1.54, 1.807) is 0 Å². The van der Waals surface area contributed by atoms with E-state index in [1.165, 1.54) is 11.3 Å². The van der Waals surface area contributed by atoms with E-state index in [2.05, 4.69) is 22.9 Å². The number of nitrogens with zero attached hydrogens (tertiary/aromatic N) is 1. The summed E-state index contributed by atoms with van der Waals surface area (Å²) in [6.07, 6.45) is 0. The zero-order valence-electron chi connectivity index (χ0n) is 11.3. The van der Waals surface area contributed by atoms with E-state index in [4.69, 9.17) is 11.6 Å². The van der Waals surface area contributed by atoms with Crippen LogP contribution in [0.1, 0.15) is 28.2 Å². The normalized spacial score (nSPS) is 12.7. The van der Waals surface area contributed by atoms with Gasteiger partial charge < -0.3 is 0 Å². The molecule has 5 heteroatoms. The van der Waals surface area contributed by atoms with E-state index >= 15 is 0 Å². The molecule has 1 unspecified atom stereocenters. The van der Waals surface area contributed by atoms with Crippen LogP contribution < -0.4 is 0 Å². The smallest absolute Gasteiger partial charge is 0.187 e. The molecule has 0 spiro atoms. The Hall–Kier alpha value is -0.680. The van der Waals surface area contributed by atoms with Crippen molar-refractivity contribution < 1.29 is 4.79 Å². The molecule has 20 heavy (non-hydrogen) atoms. The lowest BCUT2D eigenvalue weighted by atomic mass is 10.1. The van der Waals surface area contributed by atoms with Crippen molar-refractivity contribution in [3.05, 3.63) is 55.6 Å². The van der Waals surface area contributed by atoms with Gasteiger partial charge in [-0.15, -0.1) is 11.3 Å². The van der Waals surface area contributed by atoms with Crippen LogP contribution in [-0.2, 0) is 0 Å². The van der Waals surface area contributed by atoms with Crippen molar-refractivity contribution in [3.8, 4) is 0 Å². The zero-order chi connectivity index (χ0) is 14.7. The summed E-state index contributed by atoms with van der Waals surface area (Å²) in [4.78, 5) is 15.0. The average molecular weight is 373 g/mol. The third kappa shape index (κ3) is 3.50. The van der Waals surface area contributed by atoms with Gasteiger partial charge >= 0.3 is 0 Å². The van der Waals surface area contributed by atoms with Crippen LogP contribution in [0, 0.1) is 0 Å².